The van der Waals surface area contributed by atoms with Gasteiger partial charge in [-0.05, 0) is 24.1 Å². The van der Waals surface area contributed by atoms with Crippen LogP contribution in [0.4, 0.5) is 0 Å². The van der Waals surface area contributed by atoms with Crippen LogP contribution in [0.2, 0.25) is 0 Å². The third-order valence-corrected chi connectivity index (χ3v) is 3.57. The Labute approximate surface area is 92.6 Å². The average molecular weight is 216 g/mol. The summed E-state index contributed by atoms with van der Waals surface area (Å²) < 4.78 is 5.55. The monoisotopic (exact) mass is 216 g/mol. The van der Waals surface area contributed by atoms with Gasteiger partial charge >= 0.3 is 0 Å². The standard InChI is InChI=1S/C12H10NOS/c1-8-12(15-7-13-8)10-3-2-9-4-5-14-11(9)6-10/h2-3,6H,4-5H2,1H3. The van der Waals surface area contributed by atoms with E-state index >= 15 is 0 Å². The number of hydrogen-bond acceptors (Lipinski definition) is 3. The maximum absolute atomic E-state index is 5.55. The summed E-state index contributed by atoms with van der Waals surface area (Å²) in [5.41, 5.74) is 6.45. The van der Waals surface area contributed by atoms with Crippen molar-refractivity contribution in [3.05, 3.63) is 35.0 Å². The van der Waals surface area contributed by atoms with E-state index in [-0.39, 0.29) is 0 Å². The molecule has 1 aliphatic rings. The first-order chi connectivity index (χ1) is 7.34. The highest BCUT2D eigenvalue weighted by molar-refractivity contribution is 7.12. The van der Waals surface area contributed by atoms with E-state index in [0.717, 1.165) is 24.5 Å². The molecule has 3 heteroatoms. The molecule has 3 rings (SSSR count). The Bertz CT molecular complexity index is 504. The first-order valence-corrected chi connectivity index (χ1v) is 5.76. The fourth-order valence-corrected chi connectivity index (χ4v) is 2.55. The van der Waals surface area contributed by atoms with Crippen LogP contribution in [0.1, 0.15) is 11.3 Å². The van der Waals surface area contributed by atoms with Crippen LogP contribution in [0.25, 0.3) is 10.4 Å². The molecule has 15 heavy (non-hydrogen) atoms. The minimum absolute atomic E-state index is 0.812. The lowest BCUT2D eigenvalue weighted by Crippen LogP contribution is -1.86. The van der Waals surface area contributed by atoms with Crippen molar-refractivity contribution in [1.29, 1.82) is 0 Å². The van der Waals surface area contributed by atoms with Crippen molar-refractivity contribution in [1.82, 2.24) is 4.98 Å². The molecule has 2 aromatic rings. The summed E-state index contributed by atoms with van der Waals surface area (Å²) in [6.07, 6.45) is 1.03. The van der Waals surface area contributed by atoms with Gasteiger partial charge in [-0.1, -0.05) is 12.1 Å². The van der Waals surface area contributed by atoms with Crippen molar-refractivity contribution in [2.24, 2.45) is 0 Å². The van der Waals surface area contributed by atoms with E-state index in [1.807, 2.05) is 6.92 Å². The van der Waals surface area contributed by atoms with Gasteiger partial charge in [-0.3, -0.25) is 0 Å². The molecule has 0 saturated heterocycles. The summed E-state index contributed by atoms with van der Waals surface area (Å²) in [6, 6.07) is 6.40. The highest BCUT2D eigenvalue weighted by Crippen LogP contribution is 2.33. The summed E-state index contributed by atoms with van der Waals surface area (Å²) in [7, 11) is 0. The van der Waals surface area contributed by atoms with Gasteiger partial charge in [0.1, 0.15) is 5.75 Å². The van der Waals surface area contributed by atoms with Crippen LogP contribution in [0.3, 0.4) is 0 Å². The predicted octanol–water partition coefficient (Wildman–Crippen LogP) is 2.85. The fraction of sp³-hybridized carbons (Fsp3) is 0.250. The summed E-state index contributed by atoms with van der Waals surface area (Å²) >= 11 is 1.56. The van der Waals surface area contributed by atoms with E-state index in [0.29, 0.717) is 0 Å². The number of nitrogens with zero attached hydrogens (tertiary/aromatic N) is 1. The molecular formula is C12H10NOS. The normalized spacial score (nSPS) is 13.7. The summed E-state index contributed by atoms with van der Waals surface area (Å²) in [5, 5.41) is 0. The lowest BCUT2D eigenvalue weighted by Gasteiger charge is -2.02. The summed E-state index contributed by atoms with van der Waals surface area (Å²) in [6.45, 7) is 2.82. The third kappa shape index (κ3) is 1.43. The Kier molecular flexibility index (Phi) is 1.99. The van der Waals surface area contributed by atoms with Crippen molar-refractivity contribution in [3.8, 4) is 16.2 Å². The number of thiazole rings is 1. The van der Waals surface area contributed by atoms with E-state index in [9.17, 15) is 0 Å². The molecular weight excluding hydrogens is 206 g/mol. The first-order valence-electron chi connectivity index (χ1n) is 4.94. The second-order valence-corrected chi connectivity index (χ2v) is 4.44. The van der Waals surface area contributed by atoms with Gasteiger partial charge in [-0.2, -0.15) is 0 Å². The van der Waals surface area contributed by atoms with Crippen molar-refractivity contribution >= 4 is 11.3 Å². The molecule has 0 unspecified atom stereocenters. The van der Waals surface area contributed by atoms with Gasteiger partial charge in [0.05, 0.1) is 17.2 Å². The largest absolute Gasteiger partial charge is 0.493 e. The summed E-state index contributed by atoms with van der Waals surface area (Å²) in [4.78, 5) is 5.33. The van der Waals surface area contributed by atoms with E-state index in [1.165, 1.54) is 16.0 Å². The predicted molar refractivity (Wildman–Crippen MR) is 60.3 cm³/mol. The molecule has 0 fully saturated rings. The van der Waals surface area contributed by atoms with Crippen LogP contribution < -0.4 is 4.74 Å². The van der Waals surface area contributed by atoms with Crippen LogP contribution in [-0.4, -0.2) is 11.6 Å². The molecule has 2 nitrogen and oxygen atoms in total. The van der Waals surface area contributed by atoms with Gasteiger partial charge in [0.25, 0.3) is 0 Å². The maximum Gasteiger partial charge on any atom is 0.153 e. The SMILES string of the molecule is Cc1n[c]sc1-c1ccc2c(c1)OCC2. The lowest BCUT2D eigenvalue weighted by atomic mass is 10.1. The second kappa shape index (κ2) is 3.35. The Balaban J connectivity index is 2.11. The Morgan fingerprint density at radius 2 is 2.40 bits per heavy atom. The minimum Gasteiger partial charge on any atom is -0.493 e. The number of aromatic nitrogens is 1. The smallest absolute Gasteiger partial charge is 0.153 e. The number of aryl methyl sites for hydroxylation is 1. The van der Waals surface area contributed by atoms with Crippen LogP contribution in [0, 0.1) is 12.4 Å². The Morgan fingerprint density at radius 3 is 3.20 bits per heavy atom. The average Bonchev–Trinajstić information content (AvgIpc) is 2.84. The van der Waals surface area contributed by atoms with Gasteiger partial charge < -0.3 is 4.74 Å². The zero-order chi connectivity index (χ0) is 10.3. The molecule has 0 atom stereocenters. The van der Waals surface area contributed by atoms with Crippen LogP contribution in [0.5, 0.6) is 5.75 Å². The molecule has 1 aromatic carbocycles. The van der Waals surface area contributed by atoms with Crippen molar-refractivity contribution in [2.75, 3.05) is 6.61 Å². The van der Waals surface area contributed by atoms with Crippen LogP contribution in [-0.2, 0) is 6.42 Å². The van der Waals surface area contributed by atoms with Crippen molar-refractivity contribution < 1.29 is 4.74 Å². The number of fused-ring (bicyclic) bond motifs is 1. The van der Waals surface area contributed by atoms with Gasteiger partial charge in [0.15, 0.2) is 5.51 Å². The second-order valence-electron chi connectivity index (χ2n) is 3.64. The van der Waals surface area contributed by atoms with Crippen LogP contribution >= 0.6 is 11.3 Å². The molecule has 1 radical (unpaired) electrons. The maximum atomic E-state index is 5.55. The number of benzene rings is 1. The van der Waals surface area contributed by atoms with Gasteiger partial charge in [0, 0.05) is 6.42 Å². The van der Waals surface area contributed by atoms with Gasteiger partial charge in [-0.15, -0.1) is 11.3 Å². The van der Waals surface area contributed by atoms with Crippen molar-refractivity contribution in [3.63, 3.8) is 0 Å². The molecule has 0 saturated carbocycles. The van der Waals surface area contributed by atoms with Crippen molar-refractivity contribution in [2.45, 2.75) is 13.3 Å². The molecule has 0 aliphatic carbocycles. The highest BCUT2D eigenvalue weighted by atomic mass is 32.1. The van der Waals surface area contributed by atoms with Gasteiger partial charge in [0.2, 0.25) is 0 Å². The molecule has 0 N–H and O–H groups in total. The molecule has 75 valence electrons. The Morgan fingerprint density at radius 1 is 1.47 bits per heavy atom. The molecule has 0 amide bonds. The molecule has 1 aliphatic heterocycles. The lowest BCUT2D eigenvalue weighted by molar-refractivity contribution is 0.357. The van der Waals surface area contributed by atoms with E-state index in [2.05, 4.69) is 28.7 Å². The van der Waals surface area contributed by atoms with Crippen LogP contribution in [0.15, 0.2) is 18.2 Å². The number of rotatable bonds is 1. The minimum atomic E-state index is 0.812. The number of hydrogen-bond donors (Lipinski definition) is 0. The van der Waals surface area contributed by atoms with E-state index in [1.54, 1.807) is 11.3 Å². The quantitative estimate of drug-likeness (QED) is 0.731. The fourth-order valence-electron chi connectivity index (χ4n) is 1.84. The first kappa shape index (κ1) is 8.92. The highest BCUT2D eigenvalue weighted by Gasteiger charge is 2.14. The molecule has 0 bridgehead atoms. The topological polar surface area (TPSA) is 22.1 Å². The molecule has 0 spiro atoms. The zero-order valence-electron chi connectivity index (χ0n) is 8.41. The number of ether oxygens (including phenoxy) is 1. The van der Waals surface area contributed by atoms with E-state index in [4.69, 9.17) is 4.74 Å². The zero-order valence-corrected chi connectivity index (χ0v) is 9.23. The summed E-state index contributed by atoms with van der Waals surface area (Å²) in [5.74, 6) is 1.03. The van der Waals surface area contributed by atoms with Gasteiger partial charge in [-0.25, -0.2) is 4.98 Å². The van der Waals surface area contributed by atoms with E-state index < -0.39 is 0 Å². The third-order valence-electron chi connectivity index (χ3n) is 2.65. The molecule has 2 heterocycles. The Hall–Kier alpha value is -1.35. The molecule has 1 aromatic heterocycles.